The Morgan fingerprint density at radius 3 is 2.38 bits per heavy atom. The molecule has 1 aromatic carbocycles. The van der Waals surface area contributed by atoms with Crippen LogP contribution in [0.25, 0.3) is 0 Å². The van der Waals surface area contributed by atoms with E-state index in [1.165, 1.54) is 37.8 Å². The van der Waals surface area contributed by atoms with Crippen molar-refractivity contribution in [2.45, 2.75) is 45.4 Å². The number of hydrogen-bond acceptors (Lipinski definition) is 3. The lowest BCUT2D eigenvalue weighted by molar-refractivity contribution is -0.116. The van der Waals surface area contributed by atoms with Crippen molar-refractivity contribution in [2.75, 3.05) is 42.9 Å². The summed E-state index contributed by atoms with van der Waals surface area (Å²) in [4.78, 5) is 17.0. The molecule has 1 amide bonds. The van der Waals surface area contributed by atoms with Gasteiger partial charge in [0.05, 0.1) is 0 Å². The molecule has 24 heavy (non-hydrogen) atoms. The van der Waals surface area contributed by atoms with Gasteiger partial charge in [-0.2, -0.15) is 0 Å². The summed E-state index contributed by atoms with van der Waals surface area (Å²) in [6.45, 7) is 7.78. The predicted molar refractivity (Wildman–Crippen MR) is 101 cm³/mol. The fraction of sp³-hybridized carbons (Fsp3) is 0.650. The quantitative estimate of drug-likeness (QED) is 0.894. The molecule has 0 aromatic heterocycles. The van der Waals surface area contributed by atoms with Gasteiger partial charge in [-0.05, 0) is 75.4 Å². The van der Waals surface area contributed by atoms with E-state index in [9.17, 15) is 4.79 Å². The van der Waals surface area contributed by atoms with E-state index < -0.39 is 0 Å². The number of benzene rings is 1. The van der Waals surface area contributed by atoms with Crippen LogP contribution in [0.1, 0.15) is 45.4 Å². The normalized spacial score (nSPS) is 20.1. The maximum Gasteiger partial charge on any atom is 0.225 e. The Morgan fingerprint density at radius 1 is 1.04 bits per heavy atom. The van der Waals surface area contributed by atoms with Gasteiger partial charge in [-0.3, -0.25) is 4.79 Å². The fourth-order valence-corrected chi connectivity index (χ4v) is 3.68. The summed E-state index contributed by atoms with van der Waals surface area (Å²) in [5, 5.41) is 3.04. The zero-order valence-corrected chi connectivity index (χ0v) is 15.0. The molecular weight excluding hydrogens is 298 g/mol. The third kappa shape index (κ3) is 4.97. The molecule has 2 fully saturated rings. The average Bonchev–Trinajstić information content (AvgIpc) is 2.63. The minimum atomic E-state index is 0.124. The Morgan fingerprint density at radius 2 is 1.71 bits per heavy atom. The van der Waals surface area contributed by atoms with Crippen molar-refractivity contribution in [3.63, 3.8) is 0 Å². The van der Waals surface area contributed by atoms with Crippen molar-refractivity contribution < 1.29 is 4.79 Å². The van der Waals surface area contributed by atoms with Crippen LogP contribution >= 0.6 is 0 Å². The molecule has 4 heteroatoms. The van der Waals surface area contributed by atoms with E-state index in [4.69, 9.17) is 0 Å². The third-order valence-electron chi connectivity index (χ3n) is 5.40. The summed E-state index contributed by atoms with van der Waals surface area (Å²) in [6, 6.07) is 8.33. The molecule has 3 rings (SSSR count). The molecule has 132 valence electrons. The van der Waals surface area contributed by atoms with Crippen LogP contribution in [-0.2, 0) is 4.79 Å². The minimum absolute atomic E-state index is 0.124. The SMILES string of the molecule is CC1CCN(CCC(=O)Nc2ccc(N3CCCCC3)cc2)CC1. The molecule has 2 heterocycles. The summed E-state index contributed by atoms with van der Waals surface area (Å²) in [5.74, 6) is 0.966. The molecule has 2 aliphatic rings. The van der Waals surface area contributed by atoms with Crippen LogP contribution in [0, 0.1) is 5.92 Å². The second-order valence-electron chi connectivity index (χ2n) is 7.42. The van der Waals surface area contributed by atoms with Gasteiger partial charge in [0.2, 0.25) is 5.91 Å². The van der Waals surface area contributed by atoms with Crippen LogP contribution < -0.4 is 10.2 Å². The molecular formula is C20H31N3O. The average molecular weight is 329 g/mol. The predicted octanol–water partition coefficient (Wildman–Crippen LogP) is 3.74. The zero-order chi connectivity index (χ0) is 16.8. The molecule has 1 aromatic rings. The highest BCUT2D eigenvalue weighted by molar-refractivity contribution is 5.91. The summed E-state index contributed by atoms with van der Waals surface area (Å²) in [6.07, 6.45) is 7.03. The number of piperidine rings is 2. The third-order valence-corrected chi connectivity index (χ3v) is 5.40. The highest BCUT2D eigenvalue weighted by atomic mass is 16.1. The van der Waals surface area contributed by atoms with E-state index in [1.54, 1.807) is 0 Å². The first-order valence-electron chi connectivity index (χ1n) is 9.58. The number of amides is 1. The lowest BCUT2D eigenvalue weighted by Crippen LogP contribution is -2.35. The van der Waals surface area contributed by atoms with Crippen LogP contribution in [0.4, 0.5) is 11.4 Å². The van der Waals surface area contributed by atoms with Crippen molar-refractivity contribution in [1.29, 1.82) is 0 Å². The first-order valence-corrected chi connectivity index (χ1v) is 9.58. The number of anilines is 2. The van der Waals surface area contributed by atoms with Crippen LogP contribution in [0.15, 0.2) is 24.3 Å². The van der Waals surface area contributed by atoms with Gasteiger partial charge in [-0.1, -0.05) is 6.92 Å². The smallest absolute Gasteiger partial charge is 0.225 e. The Bertz CT molecular complexity index is 514. The van der Waals surface area contributed by atoms with Crippen molar-refractivity contribution in [1.82, 2.24) is 4.90 Å². The molecule has 0 radical (unpaired) electrons. The number of rotatable bonds is 5. The van der Waals surface area contributed by atoms with E-state index >= 15 is 0 Å². The van der Waals surface area contributed by atoms with Crippen LogP contribution in [0.3, 0.4) is 0 Å². The number of likely N-dealkylation sites (tertiary alicyclic amines) is 1. The number of carbonyl (C=O) groups is 1. The lowest BCUT2D eigenvalue weighted by Gasteiger charge is -2.30. The van der Waals surface area contributed by atoms with Crippen molar-refractivity contribution in [3.8, 4) is 0 Å². The Kier molecular flexibility index (Phi) is 6.13. The molecule has 2 aliphatic heterocycles. The molecule has 0 bridgehead atoms. The van der Waals surface area contributed by atoms with Crippen LogP contribution in [0.2, 0.25) is 0 Å². The Hall–Kier alpha value is -1.55. The molecule has 0 unspecified atom stereocenters. The van der Waals surface area contributed by atoms with E-state index in [1.807, 2.05) is 12.1 Å². The van der Waals surface area contributed by atoms with Crippen LogP contribution in [-0.4, -0.2) is 43.5 Å². The molecule has 4 nitrogen and oxygen atoms in total. The second-order valence-corrected chi connectivity index (χ2v) is 7.42. The fourth-order valence-electron chi connectivity index (χ4n) is 3.68. The zero-order valence-electron chi connectivity index (χ0n) is 15.0. The summed E-state index contributed by atoms with van der Waals surface area (Å²) < 4.78 is 0. The number of hydrogen-bond donors (Lipinski definition) is 1. The minimum Gasteiger partial charge on any atom is -0.372 e. The van der Waals surface area contributed by atoms with Gasteiger partial charge < -0.3 is 15.1 Å². The first kappa shape index (κ1) is 17.3. The summed E-state index contributed by atoms with van der Waals surface area (Å²) in [5.41, 5.74) is 2.18. The summed E-state index contributed by atoms with van der Waals surface area (Å²) in [7, 11) is 0. The molecule has 1 N–H and O–H groups in total. The molecule has 0 atom stereocenters. The van der Waals surface area contributed by atoms with Gasteiger partial charge in [0.25, 0.3) is 0 Å². The monoisotopic (exact) mass is 329 g/mol. The maximum atomic E-state index is 12.2. The standard InChI is InChI=1S/C20H31N3O/c1-17-9-14-22(15-10-17)16-11-20(24)21-18-5-7-19(8-6-18)23-12-3-2-4-13-23/h5-8,17H,2-4,9-16H2,1H3,(H,21,24). The largest absolute Gasteiger partial charge is 0.372 e. The number of nitrogens with zero attached hydrogens (tertiary/aromatic N) is 2. The van der Waals surface area contributed by atoms with Gasteiger partial charge in [0.15, 0.2) is 0 Å². The van der Waals surface area contributed by atoms with Crippen molar-refractivity contribution in [2.24, 2.45) is 5.92 Å². The number of carbonyl (C=O) groups excluding carboxylic acids is 1. The van der Waals surface area contributed by atoms with Crippen LogP contribution in [0.5, 0.6) is 0 Å². The van der Waals surface area contributed by atoms with E-state index in [-0.39, 0.29) is 5.91 Å². The van der Waals surface area contributed by atoms with Gasteiger partial charge in [0.1, 0.15) is 0 Å². The maximum absolute atomic E-state index is 12.2. The topological polar surface area (TPSA) is 35.6 Å². The highest BCUT2D eigenvalue weighted by Crippen LogP contribution is 2.22. The van der Waals surface area contributed by atoms with Gasteiger partial charge in [-0.25, -0.2) is 0 Å². The van der Waals surface area contributed by atoms with E-state index in [0.717, 1.165) is 44.3 Å². The lowest BCUT2D eigenvalue weighted by atomic mass is 9.99. The molecule has 2 saturated heterocycles. The molecule has 0 saturated carbocycles. The Labute approximate surface area is 146 Å². The van der Waals surface area contributed by atoms with Crippen molar-refractivity contribution >= 4 is 17.3 Å². The second kappa shape index (κ2) is 8.52. The highest BCUT2D eigenvalue weighted by Gasteiger charge is 2.16. The van der Waals surface area contributed by atoms with E-state index in [0.29, 0.717) is 6.42 Å². The van der Waals surface area contributed by atoms with Gasteiger partial charge in [-0.15, -0.1) is 0 Å². The molecule has 0 spiro atoms. The summed E-state index contributed by atoms with van der Waals surface area (Å²) >= 11 is 0. The van der Waals surface area contributed by atoms with Crippen molar-refractivity contribution in [3.05, 3.63) is 24.3 Å². The van der Waals surface area contributed by atoms with Gasteiger partial charge >= 0.3 is 0 Å². The van der Waals surface area contributed by atoms with E-state index in [2.05, 4.69) is 34.2 Å². The first-order chi connectivity index (χ1) is 11.7. The number of nitrogens with one attached hydrogen (secondary N) is 1. The van der Waals surface area contributed by atoms with Gasteiger partial charge in [0, 0.05) is 37.4 Å². The Balaban J connectivity index is 1.42. The molecule has 0 aliphatic carbocycles.